The molecule has 0 fully saturated rings. The predicted octanol–water partition coefficient (Wildman–Crippen LogP) is 5.32. The van der Waals surface area contributed by atoms with Crippen LogP contribution in [0.2, 0.25) is 0 Å². The van der Waals surface area contributed by atoms with Gasteiger partial charge in [-0.2, -0.15) is 0 Å². The van der Waals surface area contributed by atoms with Gasteiger partial charge in [0.15, 0.2) is 11.6 Å². The lowest BCUT2D eigenvalue weighted by molar-refractivity contribution is -0.128. The fraction of sp³-hybridized carbons (Fsp3) is 0.278. The van der Waals surface area contributed by atoms with E-state index in [9.17, 15) is 4.79 Å². The number of benzene rings is 4. The zero-order valence-corrected chi connectivity index (χ0v) is 25.1. The highest BCUT2D eigenvalue weighted by Crippen LogP contribution is 2.43. The predicted molar refractivity (Wildman–Crippen MR) is 170 cm³/mol. The Bertz CT molecular complexity index is 1540. The number of nitrogens with one attached hydrogen (secondary N) is 1. The van der Waals surface area contributed by atoms with E-state index in [0.717, 1.165) is 28.0 Å². The monoisotopic (exact) mass is 594 g/mol. The van der Waals surface area contributed by atoms with Crippen molar-refractivity contribution < 1.29 is 28.8 Å². The molecule has 228 valence electrons. The van der Waals surface area contributed by atoms with Gasteiger partial charge in [0.1, 0.15) is 17.2 Å². The second-order valence-electron chi connectivity index (χ2n) is 10.6. The summed E-state index contributed by atoms with van der Waals surface area (Å²) in [4.78, 5) is 19.5. The molecule has 0 spiro atoms. The minimum absolute atomic E-state index is 0.0695. The van der Waals surface area contributed by atoms with Crippen LogP contribution in [0.1, 0.15) is 34.8 Å². The van der Waals surface area contributed by atoms with Gasteiger partial charge >= 0.3 is 0 Å². The molecule has 0 saturated heterocycles. The minimum Gasteiger partial charge on any atom is -0.497 e. The van der Waals surface area contributed by atoms with Gasteiger partial charge in [-0.3, -0.25) is 4.79 Å². The fourth-order valence-corrected chi connectivity index (χ4v) is 5.26. The van der Waals surface area contributed by atoms with Crippen LogP contribution in [-0.4, -0.2) is 56.4 Å². The molecule has 1 amide bonds. The molecule has 5 rings (SSSR count). The normalized spacial score (nSPS) is 17.3. The third kappa shape index (κ3) is 7.21. The van der Waals surface area contributed by atoms with Gasteiger partial charge < -0.3 is 29.4 Å². The molecule has 1 aliphatic heterocycles. The lowest BCUT2D eigenvalue weighted by Gasteiger charge is -2.31. The Morgan fingerprint density at radius 3 is 2.30 bits per heavy atom. The summed E-state index contributed by atoms with van der Waals surface area (Å²) in [5, 5.41) is 12.2. The lowest BCUT2D eigenvalue weighted by Crippen LogP contribution is -2.50. The summed E-state index contributed by atoms with van der Waals surface area (Å²) in [5.41, 5.74) is 2.27. The van der Waals surface area contributed by atoms with Crippen LogP contribution < -0.4 is 19.5 Å². The van der Waals surface area contributed by atoms with Crippen molar-refractivity contribution in [3.63, 3.8) is 0 Å². The van der Waals surface area contributed by atoms with E-state index in [0.29, 0.717) is 49.8 Å². The van der Waals surface area contributed by atoms with Crippen LogP contribution in [0.3, 0.4) is 0 Å². The number of rotatable bonds is 14. The molecule has 4 aromatic rings. The summed E-state index contributed by atoms with van der Waals surface area (Å²) in [6.45, 7) is 0.916. The van der Waals surface area contributed by atoms with E-state index in [1.54, 1.807) is 14.2 Å². The highest BCUT2D eigenvalue weighted by molar-refractivity contribution is 6.01. The van der Waals surface area contributed by atoms with E-state index < -0.39 is 11.6 Å². The number of aliphatic hydroxyl groups excluding tert-OH is 1. The third-order valence-corrected chi connectivity index (χ3v) is 7.60. The minimum atomic E-state index is -1.29. The number of carbonyl (C=O) groups excluding carboxylic acids is 1. The average molecular weight is 595 g/mol. The molecule has 8 heteroatoms. The van der Waals surface area contributed by atoms with Gasteiger partial charge in [0.25, 0.3) is 5.91 Å². The van der Waals surface area contributed by atoms with E-state index in [2.05, 4.69) is 5.32 Å². The maximum Gasteiger partial charge on any atom is 0.252 e. The molecule has 4 aromatic carbocycles. The van der Waals surface area contributed by atoms with Crippen LogP contribution in [0.4, 0.5) is 0 Å². The number of carbonyl (C=O) groups is 1. The first-order valence-corrected chi connectivity index (χ1v) is 14.7. The van der Waals surface area contributed by atoms with Crippen LogP contribution in [0.5, 0.6) is 17.2 Å². The quantitative estimate of drug-likeness (QED) is 0.192. The van der Waals surface area contributed by atoms with E-state index in [-0.39, 0.29) is 12.5 Å². The average Bonchev–Trinajstić information content (AvgIpc) is 3.46. The van der Waals surface area contributed by atoms with E-state index in [1.807, 2.05) is 103 Å². The summed E-state index contributed by atoms with van der Waals surface area (Å²) in [7, 11) is 3.25. The van der Waals surface area contributed by atoms with Gasteiger partial charge in [0.2, 0.25) is 5.90 Å². The maximum absolute atomic E-state index is 14.4. The van der Waals surface area contributed by atoms with Crippen LogP contribution in [0, 0.1) is 0 Å². The van der Waals surface area contributed by atoms with Gasteiger partial charge in [-0.15, -0.1) is 0 Å². The summed E-state index contributed by atoms with van der Waals surface area (Å²) < 4.78 is 23.1. The molecule has 1 heterocycles. The van der Waals surface area contributed by atoms with Crippen molar-refractivity contribution in [1.29, 1.82) is 0 Å². The maximum atomic E-state index is 14.4. The van der Waals surface area contributed by atoms with E-state index in [1.165, 1.54) is 0 Å². The number of amides is 1. The van der Waals surface area contributed by atoms with Crippen molar-refractivity contribution in [2.45, 2.75) is 30.9 Å². The first kappa shape index (κ1) is 30.6. The van der Waals surface area contributed by atoms with Crippen molar-refractivity contribution >= 4 is 11.8 Å². The number of aliphatic imine (C=N–C) groups is 1. The van der Waals surface area contributed by atoms with Crippen molar-refractivity contribution in [2.24, 2.45) is 4.99 Å². The number of hydrogen-bond donors (Lipinski definition) is 2. The van der Waals surface area contributed by atoms with E-state index >= 15 is 0 Å². The molecular weight excluding hydrogens is 556 g/mol. The Kier molecular flexibility index (Phi) is 10.1. The Balaban J connectivity index is 1.49. The van der Waals surface area contributed by atoms with Gasteiger partial charge in [-0.25, -0.2) is 4.99 Å². The SMILES string of the molecule is COc1ccc(CCNC(=O)[C@]2(Cc3ccccc3)N=C(c3ccc(OCCCO)cc3)O[C@@H]2c2cccc(OC)c2)cc1. The molecule has 44 heavy (non-hydrogen) atoms. The fourth-order valence-electron chi connectivity index (χ4n) is 5.26. The first-order valence-electron chi connectivity index (χ1n) is 14.7. The zero-order valence-electron chi connectivity index (χ0n) is 25.1. The first-order chi connectivity index (χ1) is 21.5. The summed E-state index contributed by atoms with van der Waals surface area (Å²) in [6, 6.07) is 32.7. The number of nitrogens with zero attached hydrogens (tertiary/aromatic N) is 1. The van der Waals surface area contributed by atoms with Crippen molar-refractivity contribution in [1.82, 2.24) is 5.32 Å². The zero-order chi connectivity index (χ0) is 30.8. The summed E-state index contributed by atoms with van der Waals surface area (Å²) in [5.74, 6) is 2.28. The molecule has 8 nitrogen and oxygen atoms in total. The molecule has 0 aromatic heterocycles. The lowest BCUT2D eigenvalue weighted by atomic mass is 9.82. The van der Waals surface area contributed by atoms with Crippen molar-refractivity contribution in [3.05, 3.63) is 125 Å². The molecule has 1 aliphatic rings. The Morgan fingerprint density at radius 1 is 0.864 bits per heavy atom. The van der Waals surface area contributed by atoms with Crippen LogP contribution in [-0.2, 0) is 22.4 Å². The molecular formula is C36H38N2O6. The van der Waals surface area contributed by atoms with Crippen molar-refractivity contribution in [3.8, 4) is 17.2 Å². The summed E-state index contributed by atoms with van der Waals surface area (Å²) in [6.07, 6.45) is 0.816. The van der Waals surface area contributed by atoms with Crippen LogP contribution in [0.25, 0.3) is 0 Å². The molecule has 0 radical (unpaired) electrons. The Morgan fingerprint density at radius 2 is 1.59 bits per heavy atom. The number of ether oxygens (including phenoxy) is 4. The Hall–Kier alpha value is -4.82. The number of hydrogen-bond acceptors (Lipinski definition) is 7. The molecule has 0 aliphatic carbocycles. The van der Waals surface area contributed by atoms with Gasteiger partial charge in [0, 0.05) is 31.6 Å². The molecule has 0 bridgehead atoms. The van der Waals surface area contributed by atoms with Crippen molar-refractivity contribution in [2.75, 3.05) is 34.0 Å². The van der Waals surface area contributed by atoms with E-state index in [4.69, 9.17) is 29.0 Å². The molecule has 2 N–H and O–H groups in total. The number of aliphatic hydroxyl groups is 1. The second-order valence-corrected chi connectivity index (χ2v) is 10.6. The highest BCUT2D eigenvalue weighted by atomic mass is 16.5. The smallest absolute Gasteiger partial charge is 0.252 e. The molecule has 0 saturated carbocycles. The summed E-state index contributed by atoms with van der Waals surface area (Å²) >= 11 is 0. The van der Waals surface area contributed by atoms with Gasteiger partial charge in [-0.1, -0.05) is 54.6 Å². The van der Waals surface area contributed by atoms with Gasteiger partial charge in [-0.05, 0) is 71.6 Å². The molecule has 0 unspecified atom stereocenters. The number of methoxy groups -OCH3 is 2. The Labute approximate surface area is 258 Å². The second kappa shape index (κ2) is 14.6. The van der Waals surface area contributed by atoms with Gasteiger partial charge in [0.05, 0.1) is 20.8 Å². The van der Waals surface area contributed by atoms with Crippen LogP contribution in [0.15, 0.2) is 108 Å². The topological polar surface area (TPSA) is 98.6 Å². The third-order valence-electron chi connectivity index (χ3n) is 7.60. The van der Waals surface area contributed by atoms with Crippen LogP contribution >= 0.6 is 0 Å². The molecule has 2 atom stereocenters. The standard InChI is InChI=1S/C36H38N2O6/c1-41-30-16-12-26(13-17-30)20-21-37-35(40)36(25-27-8-4-3-5-9-27)33(29-10-6-11-32(24-29)42-2)44-34(38-36)28-14-18-31(19-15-28)43-23-7-22-39/h3-6,8-19,24,33,39H,7,20-23,25H2,1-2H3,(H,37,40)/t33-,36-/m1/s1. The highest BCUT2D eigenvalue weighted by Gasteiger charge is 2.53. The largest absolute Gasteiger partial charge is 0.497 e.